The van der Waals surface area contributed by atoms with Gasteiger partial charge >= 0.3 is 12.4 Å². The van der Waals surface area contributed by atoms with Crippen molar-refractivity contribution >= 4 is 44.8 Å². The van der Waals surface area contributed by atoms with Gasteiger partial charge in [0.25, 0.3) is 5.91 Å². The van der Waals surface area contributed by atoms with Gasteiger partial charge in [0.05, 0.1) is 39.6 Å². The maximum atomic E-state index is 13.6. The van der Waals surface area contributed by atoms with Crippen molar-refractivity contribution < 1.29 is 39.6 Å². The highest BCUT2D eigenvalue weighted by Crippen LogP contribution is 2.39. The number of amides is 1. The van der Waals surface area contributed by atoms with E-state index in [0.717, 1.165) is 17.5 Å². The zero-order valence-electron chi connectivity index (χ0n) is 26.2. The van der Waals surface area contributed by atoms with Crippen molar-refractivity contribution in [1.29, 1.82) is 0 Å². The van der Waals surface area contributed by atoms with Gasteiger partial charge in [-0.25, -0.2) is 13.1 Å². The second kappa shape index (κ2) is 14.8. The van der Waals surface area contributed by atoms with Crippen LogP contribution in [0.1, 0.15) is 58.4 Å². The summed E-state index contributed by atoms with van der Waals surface area (Å²) < 4.78 is 108. The van der Waals surface area contributed by atoms with E-state index in [1.54, 1.807) is 30.3 Å². The molecule has 0 aliphatic carbocycles. The summed E-state index contributed by atoms with van der Waals surface area (Å²) in [6, 6.07) is 12.8. The van der Waals surface area contributed by atoms with Crippen LogP contribution in [0.2, 0.25) is 10.0 Å². The van der Waals surface area contributed by atoms with E-state index in [1.807, 2.05) is 24.0 Å². The second-order valence-corrected chi connectivity index (χ2v) is 14.2. The molecule has 3 aromatic rings. The van der Waals surface area contributed by atoms with Crippen molar-refractivity contribution in [3.05, 3.63) is 98.5 Å². The normalized spacial score (nSPS) is 17.0. The van der Waals surface area contributed by atoms with Gasteiger partial charge in [0.15, 0.2) is 0 Å². The monoisotopic (exact) mass is 738 g/mol. The van der Waals surface area contributed by atoms with Crippen LogP contribution in [0.3, 0.4) is 0 Å². The summed E-state index contributed by atoms with van der Waals surface area (Å²) in [7, 11) is -2.14. The molecule has 0 bridgehead atoms. The van der Waals surface area contributed by atoms with E-state index in [2.05, 4.69) is 9.62 Å². The Morgan fingerprint density at radius 1 is 0.958 bits per heavy atom. The lowest BCUT2D eigenvalue weighted by Gasteiger charge is -2.48. The average molecular weight is 740 g/mol. The lowest BCUT2D eigenvalue weighted by molar-refractivity contribution is -0.143. The molecule has 1 amide bonds. The Bertz CT molecular complexity index is 1710. The van der Waals surface area contributed by atoms with E-state index in [1.165, 1.54) is 11.9 Å². The predicted octanol–water partition coefficient (Wildman–Crippen LogP) is 7.84. The number of nitrogens with one attached hydrogen (secondary N) is 1. The summed E-state index contributed by atoms with van der Waals surface area (Å²) in [4.78, 5) is 18.9. The molecule has 1 aliphatic heterocycles. The van der Waals surface area contributed by atoms with Gasteiger partial charge in [-0.05, 0) is 53.9 Å². The van der Waals surface area contributed by atoms with Gasteiger partial charge in [-0.15, -0.1) is 0 Å². The van der Waals surface area contributed by atoms with Crippen LogP contribution in [-0.4, -0.2) is 63.2 Å². The molecule has 262 valence electrons. The van der Waals surface area contributed by atoms with Crippen LogP contribution in [0.5, 0.6) is 0 Å². The Kier molecular flexibility index (Phi) is 11.7. The molecule has 1 heterocycles. The van der Waals surface area contributed by atoms with Crippen molar-refractivity contribution in [3.8, 4) is 0 Å². The third-order valence-electron chi connectivity index (χ3n) is 8.14. The number of carbonyl (C=O) groups excluding carboxylic acids is 1. The quantitative estimate of drug-likeness (QED) is 0.215. The van der Waals surface area contributed by atoms with Crippen molar-refractivity contribution in [3.63, 3.8) is 0 Å². The molecule has 1 saturated heterocycles. The Hall–Kier alpha value is -3.04. The van der Waals surface area contributed by atoms with Gasteiger partial charge in [-0.3, -0.25) is 9.69 Å². The molecule has 0 saturated carbocycles. The third kappa shape index (κ3) is 9.14. The standard InChI is InChI=1S/C32H34Cl2F6N4O3S/c1-4-7-29(42(2)30(45)22-14-23(31(35,36)37)17-24(15-22)32(38,39)40)43-12-13-44(28(19-43)20-10-11-25(33)26(34)16-20)27-9-6-5-8-21(27)18-41-48(3,46)47/h5-6,8-11,14-17,28-29,41H,4,7,12-13,18-19H2,1-3H3/t28-,29-/m1/s1. The fourth-order valence-corrected chi connectivity index (χ4v) is 6.54. The summed E-state index contributed by atoms with van der Waals surface area (Å²) in [5.41, 5.74) is -1.69. The van der Waals surface area contributed by atoms with Gasteiger partial charge in [0.1, 0.15) is 0 Å². The minimum absolute atomic E-state index is 0.00927. The summed E-state index contributed by atoms with van der Waals surface area (Å²) in [5.74, 6) is -0.990. The van der Waals surface area contributed by atoms with Crippen LogP contribution in [-0.2, 0) is 28.9 Å². The van der Waals surface area contributed by atoms with Crippen LogP contribution < -0.4 is 9.62 Å². The molecule has 0 spiro atoms. The zero-order valence-corrected chi connectivity index (χ0v) is 28.5. The molecule has 7 nitrogen and oxygen atoms in total. The summed E-state index contributed by atoms with van der Waals surface area (Å²) >= 11 is 12.6. The minimum Gasteiger partial charge on any atom is -0.362 e. The number of piperazine rings is 1. The third-order valence-corrected chi connectivity index (χ3v) is 9.54. The first-order valence-corrected chi connectivity index (χ1v) is 17.5. The van der Waals surface area contributed by atoms with Crippen LogP contribution in [0.4, 0.5) is 32.0 Å². The van der Waals surface area contributed by atoms with Crippen molar-refractivity contribution in [2.75, 3.05) is 37.8 Å². The first kappa shape index (κ1) is 37.8. The molecule has 48 heavy (non-hydrogen) atoms. The number of hydrogen-bond acceptors (Lipinski definition) is 5. The molecular formula is C32H34Cl2F6N4O3S. The number of anilines is 1. The Morgan fingerprint density at radius 2 is 1.58 bits per heavy atom. The molecule has 0 radical (unpaired) electrons. The molecule has 2 atom stereocenters. The van der Waals surface area contributed by atoms with Crippen LogP contribution >= 0.6 is 23.2 Å². The van der Waals surface area contributed by atoms with Gasteiger partial charge < -0.3 is 9.80 Å². The number of hydrogen-bond donors (Lipinski definition) is 1. The number of halogens is 8. The van der Waals surface area contributed by atoms with Crippen LogP contribution in [0.25, 0.3) is 0 Å². The lowest BCUT2D eigenvalue weighted by atomic mass is 9.98. The lowest BCUT2D eigenvalue weighted by Crippen LogP contribution is -2.57. The van der Waals surface area contributed by atoms with E-state index >= 15 is 0 Å². The van der Waals surface area contributed by atoms with Gasteiger partial charge in [-0.1, -0.05) is 60.8 Å². The smallest absolute Gasteiger partial charge is 0.362 e. The maximum absolute atomic E-state index is 13.6. The average Bonchev–Trinajstić information content (AvgIpc) is 3.02. The van der Waals surface area contributed by atoms with Crippen LogP contribution in [0.15, 0.2) is 60.7 Å². The highest BCUT2D eigenvalue weighted by atomic mass is 35.5. The first-order chi connectivity index (χ1) is 22.3. The highest BCUT2D eigenvalue weighted by Gasteiger charge is 2.39. The molecule has 1 fully saturated rings. The topological polar surface area (TPSA) is 73.0 Å². The minimum atomic E-state index is -5.10. The van der Waals surface area contributed by atoms with Crippen molar-refractivity contribution in [1.82, 2.24) is 14.5 Å². The predicted molar refractivity (Wildman–Crippen MR) is 173 cm³/mol. The molecule has 1 N–H and O–H groups in total. The molecule has 16 heteroatoms. The Morgan fingerprint density at radius 3 is 2.15 bits per heavy atom. The largest absolute Gasteiger partial charge is 0.416 e. The van der Waals surface area contributed by atoms with E-state index < -0.39 is 57.2 Å². The van der Waals surface area contributed by atoms with Crippen molar-refractivity contribution in [2.24, 2.45) is 0 Å². The Balaban J connectivity index is 1.72. The molecule has 0 aromatic heterocycles. The number of sulfonamides is 1. The van der Waals surface area contributed by atoms with Gasteiger partial charge in [-0.2, -0.15) is 26.3 Å². The van der Waals surface area contributed by atoms with E-state index in [9.17, 15) is 39.6 Å². The number of rotatable bonds is 10. The number of alkyl halides is 6. The van der Waals surface area contributed by atoms with Crippen LogP contribution in [0, 0.1) is 0 Å². The molecule has 1 aliphatic rings. The number of benzene rings is 3. The fourth-order valence-electron chi connectivity index (χ4n) is 5.81. The summed E-state index contributed by atoms with van der Waals surface area (Å²) in [5, 5.41) is 0.617. The number of para-hydroxylation sites is 1. The summed E-state index contributed by atoms with van der Waals surface area (Å²) in [6.45, 7) is 2.87. The number of carbonyl (C=O) groups is 1. The van der Waals surface area contributed by atoms with Crippen molar-refractivity contribution in [2.45, 2.75) is 50.9 Å². The number of nitrogens with zero attached hydrogens (tertiary/aromatic N) is 3. The molecule has 0 unspecified atom stereocenters. The molecular weight excluding hydrogens is 705 g/mol. The zero-order chi connectivity index (χ0) is 35.6. The molecule has 3 aromatic carbocycles. The molecule has 4 rings (SSSR count). The van der Waals surface area contributed by atoms with E-state index in [4.69, 9.17) is 23.2 Å². The highest BCUT2D eigenvalue weighted by molar-refractivity contribution is 7.88. The Labute approximate surface area is 285 Å². The first-order valence-electron chi connectivity index (χ1n) is 14.8. The fraction of sp³-hybridized carbons (Fsp3) is 0.406. The van der Waals surface area contributed by atoms with E-state index in [0.29, 0.717) is 53.7 Å². The van der Waals surface area contributed by atoms with Gasteiger partial charge in [0.2, 0.25) is 10.0 Å². The summed E-state index contributed by atoms with van der Waals surface area (Å²) in [6.07, 6.45) is -8.92. The maximum Gasteiger partial charge on any atom is 0.416 e. The SMILES string of the molecule is CCC[C@@H](N1CCN(c2ccccc2CNS(C)(=O)=O)[C@@H](c2ccc(Cl)c(Cl)c2)C1)N(C)C(=O)c1cc(C(F)(F)F)cc(C(F)(F)F)c1. The van der Waals surface area contributed by atoms with Gasteiger partial charge in [0, 0.05) is 44.5 Å². The van der Waals surface area contributed by atoms with E-state index in [-0.39, 0.29) is 19.2 Å². The second-order valence-electron chi connectivity index (χ2n) is 11.6.